The average Bonchev–Trinajstić information content (AvgIpc) is 3.00. The third-order valence-electron chi connectivity index (χ3n) is 3.62. The average molecular weight is 424 g/mol. The number of carbonyl (C=O) groups excluding carboxylic acids is 1. The Morgan fingerprint density at radius 1 is 1.33 bits per heavy atom. The second-order valence-corrected chi connectivity index (χ2v) is 9.51. The lowest BCUT2D eigenvalue weighted by atomic mass is 10.3. The van der Waals surface area contributed by atoms with E-state index in [-0.39, 0.29) is 16.1 Å². The van der Waals surface area contributed by atoms with Gasteiger partial charge >= 0.3 is 0 Å². The number of hydrogen-bond acceptors (Lipinski definition) is 8. The summed E-state index contributed by atoms with van der Waals surface area (Å²) in [7, 11) is -3.79. The Morgan fingerprint density at radius 3 is 2.78 bits per heavy atom. The molecule has 27 heavy (non-hydrogen) atoms. The Morgan fingerprint density at radius 2 is 2.11 bits per heavy atom. The Bertz CT molecular complexity index is 1100. The number of thiazole rings is 1. The summed E-state index contributed by atoms with van der Waals surface area (Å²) < 4.78 is 23.6. The maximum absolute atomic E-state index is 12.6. The van der Waals surface area contributed by atoms with E-state index in [2.05, 4.69) is 20.3 Å². The molecule has 1 atom stereocenters. The van der Waals surface area contributed by atoms with Crippen molar-refractivity contribution in [3.8, 4) is 0 Å². The van der Waals surface area contributed by atoms with Gasteiger partial charge in [-0.25, -0.2) is 28.5 Å². The summed E-state index contributed by atoms with van der Waals surface area (Å²) in [4.78, 5) is 25.2. The highest BCUT2D eigenvalue weighted by atomic mass is 32.2. The molecule has 1 unspecified atom stereocenters. The minimum Gasteiger partial charge on any atom is -0.301 e. The zero-order chi connectivity index (χ0) is 19.6. The Kier molecular flexibility index (Phi) is 5.75. The van der Waals surface area contributed by atoms with Crippen LogP contribution < -0.4 is 10.5 Å². The molecule has 0 spiro atoms. The number of aromatic nitrogens is 3. The standard InChI is InChI=1S/C16H17N5O3S3/c1-3-12(25-14-6-9(2)18-8-19-14)15(22)21-16-20-11-5-4-10(27(17,23)24)7-13(11)26-16/h4-8,12H,3H2,1-2H3,(H2,17,23,24)(H,20,21,22). The number of fused-ring (bicyclic) bond motifs is 1. The van der Waals surface area contributed by atoms with Crippen molar-refractivity contribution in [1.29, 1.82) is 0 Å². The van der Waals surface area contributed by atoms with Crippen molar-refractivity contribution < 1.29 is 13.2 Å². The number of carbonyl (C=O) groups is 1. The fourth-order valence-electron chi connectivity index (χ4n) is 2.28. The number of nitrogens with two attached hydrogens (primary N) is 1. The molecule has 0 bridgehead atoms. The number of anilines is 1. The minimum absolute atomic E-state index is 0.0117. The van der Waals surface area contributed by atoms with Crippen LogP contribution in [-0.4, -0.2) is 34.5 Å². The van der Waals surface area contributed by atoms with Gasteiger partial charge in [-0.2, -0.15) is 0 Å². The Labute approximate surface area is 164 Å². The number of benzene rings is 1. The van der Waals surface area contributed by atoms with Crippen LogP contribution in [-0.2, 0) is 14.8 Å². The lowest BCUT2D eigenvalue weighted by Crippen LogP contribution is -2.24. The number of sulfonamides is 1. The molecule has 2 heterocycles. The van der Waals surface area contributed by atoms with Crippen molar-refractivity contribution in [3.05, 3.63) is 36.3 Å². The summed E-state index contributed by atoms with van der Waals surface area (Å²) in [6.07, 6.45) is 2.08. The van der Waals surface area contributed by atoms with E-state index in [0.717, 1.165) is 10.7 Å². The SMILES string of the molecule is CCC(Sc1cc(C)ncn1)C(=O)Nc1nc2ccc(S(N)(=O)=O)cc2s1. The molecule has 3 aromatic rings. The first kappa shape index (κ1) is 19.7. The summed E-state index contributed by atoms with van der Waals surface area (Å²) in [5, 5.41) is 8.74. The number of nitrogens with one attached hydrogen (secondary N) is 1. The van der Waals surface area contributed by atoms with E-state index in [1.807, 2.05) is 19.9 Å². The second-order valence-electron chi connectivity index (χ2n) is 5.70. The van der Waals surface area contributed by atoms with Crippen molar-refractivity contribution in [2.75, 3.05) is 5.32 Å². The van der Waals surface area contributed by atoms with Crippen LogP contribution in [0.5, 0.6) is 0 Å². The van der Waals surface area contributed by atoms with E-state index in [1.54, 1.807) is 6.07 Å². The van der Waals surface area contributed by atoms with Gasteiger partial charge < -0.3 is 5.32 Å². The van der Waals surface area contributed by atoms with E-state index >= 15 is 0 Å². The summed E-state index contributed by atoms with van der Waals surface area (Å²) in [5.41, 5.74) is 1.43. The van der Waals surface area contributed by atoms with Crippen molar-refractivity contribution in [2.45, 2.75) is 35.4 Å². The van der Waals surface area contributed by atoms with Gasteiger partial charge in [0.15, 0.2) is 5.13 Å². The van der Waals surface area contributed by atoms with Gasteiger partial charge in [0.2, 0.25) is 15.9 Å². The number of primary sulfonamides is 1. The molecule has 142 valence electrons. The Hall–Kier alpha value is -2.08. The first-order chi connectivity index (χ1) is 12.8. The first-order valence-electron chi connectivity index (χ1n) is 7.96. The summed E-state index contributed by atoms with van der Waals surface area (Å²) in [5.74, 6) is -0.190. The maximum atomic E-state index is 12.6. The van der Waals surface area contributed by atoms with Crippen LogP contribution in [0.3, 0.4) is 0 Å². The molecule has 3 N–H and O–H groups in total. The highest BCUT2D eigenvalue weighted by Gasteiger charge is 2.20. The fraction of sp³-hybridized carbons (Fsp3) is 0.250. The molecular formula is C16H17N5O3S3. The Balaban J connectivity index is 1.77. The second kappa shape index (κ2) is 7.89. The predicted molar refractivity (Wildman–Crippen MR) is 106 cm³/mol. The molecule has 8 nitrogen and oxygen atoms in total. The number of rotatable bonds is 6. The van der Waals surface area contributed by atoms with Gasteiger partial charge in [-0.3, -0.25) is 4.79 Å². The van der Waals surface area contributed by atoms with E-state index in [0.29, 0.717) is 21.8 Å². The van der Waals surface area contributed by atoms with E-state index in [9.17, 15) is 13.2 Å². The molecule has 0 fully saturated rings. The third-order valence-corrected chi connectivity index (χ3v) is 6.76. The molecule has 0 saturated carbocycles. The summed E-state index contributed by atoms with van der Waals surface area (Å²) in [6, 6.07) is 6.24. The predicted octanol–water partition coefficient (Wildman–Crippen LogP) is 2.55. The van der Waals surface area contributed by atoms with Crippen LogP contribution in [0.2, 0.25) is 0 Å². The molecule has 0 aliphatic rings. The highest BCUT2D eigenvalue weighted by molar-refractivity contribution is 8.00. The minimum atomic E-state index is -3.79. The molecule has 11 heteroatoms. The highest BCUT2D eigenvalue weighted by Crippen LogP contribution is 2.30. The normalized spacial score (nSPS) is 12.9. The van der Waals surface area contributed by atoms with Gasteiger partial charge in [0.25, 0.3) is 0 Å². The molecular weight excluding hydrogens is 406 g/mol. The lowest BCUT2D eigenvalue weighted by Gasteiger charge is -2.12. The van der Waals surface area contributed by atoms with Crippen LogP contribution in [0.15, 0.2) is 40.5 Å². The quantitative estimate of drug-likeness (QED) is 0.460. The van der Waals surface area contributed by atoms with Crippen molar-refractivity contribution >= 4 is 54.4 Å². The molecule has 0 aliphatic heterocycles. The van der Waals surface area contributed by atoms with E-state index in [4.69, 9.17) is 5.14 Å². The van der Waals surface area contributed by atoms with Crippen LogP contribution in [0.1, 0.15) is 19.0 Å². The summed E-state index contributed by atoms with van der Waals surface area (Å²) in [6.45, 7) is 3.78. The van der Waals surface area contributed by atoms with Gasteiger partial charge in [0.05, 0.1) is 20.4 Å². The molecule has 0 radical (unpaired) electrons. The van der Waals surface area contributed by atoms with E-state index in [1.165, 1.54) is 41.6 Å². The third kappa shape index (κ3) is 4.80. The van der Waals surface area contributed by atoms with Crippen molar-refractivity contribution in [2.24, 2.45) is 5.14 Å². The van der Waals surface area contributed by atoms with Gasteiger partial charge in [0.1, 0.15) is 11.4 Å². The van der Waals surface area contributed by atoms with Crippen LogP contribution >= 0.6 is 23.1 Å². The number of thioether (sulfide) groups is 1. The van der Waals surface area contributed by atoms with Gasteiger partial charge in [0, 0.05) is 5.69 Å². The molecule has 0 aliphatic carbocycles. The molecule has 1 amide bonds. The monoisotopic (exact) mass is 423 g/mol. The first-order valence-corrected chi connectivity index (χ1v) is 11.2. The zero-order valence-electron chi connectivity index (χ0n) is 14.5. The fourth-order valence-corrected chi connectivity index (χ4v) is 4.78. The van der Waals surface area contributed by atoms with Crippen molar-refractivity contribution in [1.82, 2.24) is 15.0 Å². The maximum Gasteiger partial charge on any atom is 0.239 e. The topological polar surface area (TPSA) is 128 Å². The smallest absolute Gasteiger partial charge is 0.239 e. The number of amides is 1. The summed E-state index contributed by atoms with van der Waals surface area (Å²) >= 11 is 2.56. The van der Waals surface area contributed by atoms with Crippen LogP contribution in [0.25, 0.3) is 10.2 Å². The molecule has 0 saturated heterocycles. The molecule has 3 rings (SSSR count). The largest absolute Gasteiger partial charge is 0.301 e. The van der Waals surface area contributed by atoms with Crippen LogP contribution in [0.4, 0.5) is 5.13 Å². The lowest BCUT2D eigenvalue weighted by molar-refractivity contribution is -0.115. The number of hydrogen-bond donors (Lipinski definition) is 2. The van der Waals surface area contributed by atoms with Gasteiger partial charge in [-0.1, -0.05) is 30.0 Å². The van der Waals surface area contributed by atoms with E-state index < -0.39 is 10.0 Å². The number of nitrogens with zero attached hydrogens (tertiary/aromatic N) is 3. The van der Waals surface area contributed by atoms with Gasteiger partial charge in [-0.05, 0) is 37.6 Å². The van der Waals surface area contributed by atoms with Crippen molar-refractivity contribution in [3.63, 3.8) is 0 Å². The zero-order valence-corrected chi connectivity index (χ0v) is 17.0. The molecule has 1 aromatic carbocycles. The molecule has 2 aromatic heterocycles. The van der Waals surface area contributed by atoms with Crippen LogP contribution in [0, 0.1) is 6.92 Å². The number of aryl methyl sites for hydroxylation is 1. The van der Waals surface area contributed by atoms with Gasteiger partial charge in [-0.15, -0.1) is 0 Å².